The largest absolute Gasteiger partial charge is 0.493 e. The van der Waals surface area contributed by atoms with E-state index >= 15 is 0 Å². The first-order valence-electron chi connectivity index (χ1n) is 10.9. The van der Waals surface area contributed by atoms with Gasteiger partial charge in [0.15, 0.2) is 0 Å². The summed E-state index contributed by atoms with van der Waals surface area (Å²) in [4.78, 5) is 40.4. The van der Waals surface area contributed by atoms with E-state index in [1.165, 1.54) is 4.90 Å². The Morgan fingerprint density at radius 1 is 1.06 bits per heavy atom. The second-order valence-electron chi connectivity index (χ2n) is 8.26. The number of nitrogens with one attached hydrogen (secondary N) is 3. The summed E-state index contributed by atoms with van der Waals surface area (Å²) in [6.07, 6.45) is 1.75. The minimum atomic E-state index is -0.703. The molecule has 0 spiro atoms. The number of para-hydroxylation sites is 1. The Bertz CT molecular complexity index is 847. The lowest BCUT2D eigenvalue weighted by Gasteiger charge is -2.32. The highest BCUT2D eigenvalue weighted by Gasteiger charge is 2.46. The number of carbonyl (C=O) groups is 3. The van der Waals surface area contributed by atoms with Gasteiger partial charge >= 0.3 is 0 Å². The second-order valence-corrected chi connectivity index (χ2v) is 8.26. The molecule has 4 rings (SSSR count). The fraction of sp³-hybridized carbons (Fsp3) is 0.591. The standard InChI is InChI=1S/C22H30N4O5/c1-13(23-2)20(27)25-16-10-12-31-19-8-7-17(26(19)22(16)29)21(28)24-15-9-11-30-18-6-4-3-5-14(15)18/h3-6,13,15-17,19,23H,7-12H2,1-2H3,(H,24,28)(H,25,27)/t13-,15+,16-,17?,19-/m0/s1. The molecule has 2 fully saturated rings. The number of amides is 3. The number of likely N-dealkylation sites (N-methyl/N-ethyl adjacent to an activating group) is 1. The van der Waals surface area contributed by atoms with Crippen molar-refractivity contribution in [3.05, 3.63) is 29.8 Å². The predicted octanol–water partition coefficient (Wildman–Crippen LogP) is 0.457. The Labute approximate surface area is 181 Å². The van der Waals surface area contributed by atoms with Gasteiger partial charge in [0.1, 0.15) is 24.1 Å². The van der Waals surface area contributed by atoms with Crippen molar-refractivity contribution >= 4 is 17.7 Å². The molecule has 168 valence electrons. The Balaban J connectivity index is 1.47. The smallest absolute Gasteiger partial charge is 0.247 e. The van der Waals surface area contributed by atoms with Crippen molar-refractivity contribution in [1.29, 1.82) is 0 Å². The van der Waals surface area contributed by atoms with Crippen LogP contribution in [-0.2, 0) is 19.1 Å². The molecule has 0 aromatic heterocycles. The van der Waals surface area contributed by atoms with Crippen molar-refractivity contribution in [2.75, 3.05) is 20.3 Å². The van der Waals surface area contributed by atoms with Gasteiger partial charge in [-0.1, -0.05) is 18.2 Å². The summed E-state index contributed by atoms with van der Waals surface area (Å²) in [6.45, 7) is 2.61. The maximum Gasteiger partial charge on any atom is 0.247 e. The van der Waals surface area contributed by atoms with Crippen molar-refractivity contribution < 1.29 is 23.9 Å². The van der Waals surface area contributed by atoms with Crippen molar-refractivity contribution in [1.82, 2.24) is 20.9 Å². The molecular formula is C22H30N4O5. The molecule has 5 atom stereocenters. The van der Waals surface area contributed by atoms with Crippen LogP contribution >= 0.6 is 0 Å². The van der Waals surface area contributed by atoms with Crippen LogP contribution in [0.3, 0.4) is 0 Å². The highest BCUT2D eigenvalue weighted by atomic mass is 16.5. The van der Waals surface area contributed by atoms with Crippen LogP contribution in [0.15, 0.2) is 24.3 Å². The lowest BCUT2D eigenvalue weighted by Crippen LogP contribution is -2.56. The van der Waals surface area contributed by atoms with Gasteiger partial charge in [0.25, 0.3) is 0 Å². The summed E-state index contributed by atoms with van der Waals surface area (Å²) in [5.41, 5.74) is 0.946. The van der Waals surface area contributed by atoms with Gasteiger partial charge in [0.05, 0.1) is 25.3 Å². The van der Waals surface area contributed by atoms with Gasteiger partial charge in [0.2, 0.25) is 17.7 Å². The average molecular weight is 431 g/mol. The Hall–Kier alpha value is -2.65. The number of carbonyl (C=O) groups excluding carboxylic acids is 3. The minimum absolute atomic E-state index is 0.161. The molecule has 3 aliphatic rings. The topological polar surface area (TPSA) is 109 Å². The summed E-state index contributed by atoms with van der Waals surface area (Å²) in [5, 5.41) is 8.78. The zero-order valence-corrected chi connectivity index (χ0v) is 17.9. The summed E-state index contributed by atoms with van der Waals surface area (Å²) < 4.78 is 11.5. The highest BCUT2D eigenvalue weighted by Crippen LogP contribution is 2.33. The quantitative estimate of drug-likeness (QED) is 0.626. The molecule has 0 saturated carbocycles. The Morgan fingerprint density at radius 2 is 1.84 bits per heavy atom. The van der Waals surface area contributed by atoms with Gasteiger partial charge in [-0.2, -0.15) is 0 Å². The van der Waals surface area contributed by atoms with Crippen LogP contribution in [0.2, 0.25) is 0 Å². The van der Waals surface area contributed by atoms with Crippen molar-refractivity contribution in [3.63, 3.8) is 0 Å². The highest BCUT2D eigenvalue weighted by molar-refractivity contribution is 5.93. The summed E-state index contributed by atoms with van der Waals surface area (Å²) in [5.74, 6) is 0.0678. The third-order valence-electron chi connectivity index (χ3n) is 6.32. The fourth-order valence-corrected chi connectivity index (χ4v) is 4.44. The number of rotatable bonds is 5. The molecule has 3 amide bonds. The summed E-state index contributed by atoms with van der Waals surface area (Å²) in [6, 6.07) is 5.77. The van der Waals surface area contributed by atoms with Crippen LogP contribution in [0.25, 0.3) is 0 Å². The maximum absolute atomic E-state index is 13.3. The van der Waals surface area contributed by atoms with E-state index in [0.29, 0.717) is 38.9 Å². The number of fused-ring (bicyclic) bond motifs is 2. The molecule has 2 saturated heterocycles. The lowest BCUT2D eigenvalue weighted by atomic mass is 10.00. The zero-order valence-electron chi connectivity index (χ0n) is 17.9. The molecule has 1 unspecified atom stereocenters. The molecule has 0 bridgehead atoms. The molecule has 3 heterocycles. The number of ether oxygens (including phenoxy) is 2. The van der Waals surface area contributed by atoms with E-state index in [1.807, 2.05) is 24.3 Å². The van der Waals surface area contributed by atoms with Crippen LogP contribution < -0.4 is 20.7 Å². The van der Waals surface area contributed by atoms with Crippen LogP contribution in [-0.4, -0.2) is 67.2 Å². The van der Waals surface area contributed by atoms with Gasteiger partial charge in [-0.3, -0.25) is 14.4 Å². The van der Waals surface area contributed by atoms with Crippen LogP contribution in [0.5, 0.6) is 5.75 Å². The monoisotopic (exact) mass is 430 g/mol. The molecule has 1 aromatic carbocycles. The van der Waals surface area contributed by atoms with E-state index in [-0.39, 0.29) is 23.8 Å². The first-order chi connectivity index (χ1) is 15.0. The van der Waals surface area contributed by atoms with Gasteiger partial charge in [-0.05, 0) is 32.9 Å². The average Bonchev–Trinajstić information content (AvgIpc) is 3.15. The second kappa shape index (κ2) is 9.23. The van der Waals surface area contributed by atoms with E-state index < -0.39 is 24.4 Å². The molecular weight excluding hydrogens is 400 g/mol. The molecule has 1 aromatic rings. The molecule has 3 N–H and O–H groups in total. The normalized spacial score (nSPS) is 28.6. The molecule has 9 nitrogen and oxygen atoms in total. The van der Waals surface area contributed by atoms with E-state index in [0.717, 1.165) is 11.3 Å². The molecule has 0 aliphatic carbocycles. The zero-order chi connectivity index (χ0) is 22.0. The van der Waals surface area contributed by atoms with Gasteiger partial charge in [-0.15, -0.1) is 0 Å². The maximum atomic E-state index is 13.3. The van der Waals surface area contributed by atoms with Crippen molar-refractivity contribution in [2.24, 2.45) is 0 Å². The third-order valence-corrected chi connectivity index (χ3v) is 6.32. The number of hydrogen-bond acceptors (Lipinski definition) is 6. The summed E-state index contributed by atoms with van der Waals surface area (Å²) >= 11 is 0. The third kappa shape index (κ3) is 4.38. The molecule has 31 heavy (non-hydrogen) atoms. The predicted molar refractivity (Wildman–Crippen MR) is 112 cm³/mol. The summed E-state index contributed by atoms with van der Waals surface area (Å²) in [7, 11) is 1.69. The van der Waals surface area contributed by atoms with Crippen molar-refractivity contribution in [2.45, 2.75) is 63.0 Å². The van der Waals surface area contributed by atoms with Gasteiger partial charge < -0.3 is 30.3 Å². The lowest BCUT2D eigenvalue weighted by molar-refractivity contribution is -0.149. The van der Waals surface area contributed by atoms with E-state index in [9.17, 15) is 14.4 Å². The SMILES string of the molecule is CN[C@@H](C)C(=O)N[C@H]1CCO[C@H]2CCC(C(=O)N[C@@H]3CCOc4ccccc43)N2C1=O. The Kier molecular flexibility index (Phi) is 6.43. The number of benzene rings is 1. The number of nitrogens with zero attached hydrogens (tertiary/aromatic N) is 1. The molecule has 3 aliphatic heterocycles. The van der Waals surface area contributed by atoms with Crippen LogP contribution in [0.1, 0.15) is 44.2 Å². The molecule has 0 radical (unpaired) electrons. The first-order valence-corrected chi connectivity index (χ1v) is 10.9. The number of hydrogen-bond donors (Lipinski definition) is 3. The van der Waals surface area contributed by atoms with Gasteiger partial charge in [-0.25, -0.2) is 0 Å². The van der Waals surface area contributed by atoms with Crippen LogP contribution in [0.4, 0.5) is 0 Å². The molecule has 9 heteroatoms. The van der Waals surface area contributed by atoms with E-state index in [4.69, 9.17) is 9.47 Å². The Morgan fingerprint density at radius 3 is 2.65 bits per heavy atom. The fourth-order valence-electron chi connectivity index (χ4n) is 4.44. The van der Waals surface area contributed by atoms with E-state index in [1.54, 1.807) is 14.0 Å². The van der Waals surface area contributed by atoms with Crippen LogP contribution in [0, 0.1) is 0 Å². The first kappa shape index (κ1) is 21.6. The van der Waals surface area contributed by atoms with Crippen molar-refractivity contribution in [3.8, 4) is 5.75 Å². The minimum Gasteiger partial charge on any atom is -0.493 e. The van der Waals surface area contributed by atoms with Gasteiger partial charge in [0, 0.05) is 18.4 Å². The van der Waals surface area contributed by atoms with E-state index in [2.05, 4.69) is 16.0 Å².